The third kappa shape index (κ3) is 4.01. The minimum Gasteiger partial charge on any atom is -0.434 e. The number of ether oxygens (including phenoxy) is 1. The molecule has 0 spiro atoms. The Morgan fingerprint density at radius 2 is 2.29 bits per heavy atom. The molecule has 1 fully saturated rings. The predicted molar refractivity (Wildman–Crippen MR) is 68.8 cm³/mol. The van der Waals surface area contributed by atoms with E-state index in [2.05, 4.69) is 10.1 Å². The van der Waals surface area contributed by atoms with E-state index in [-0.39, 0.29) is 24.3 Å². The molecule has 1 aromatic rings. The van der Waals surface area contributed by atoms with Crippen LogP contribution in [0.5, 0.6) is 5.75 Å². The highest BCUT2D eigenvalue weighted by Crippen LogP contribution is 2.33. The van der Waals surface area contributed by atoms with E-state index in [1.165, 1.54) is 18.2 Å². The topological polar surface area (TPSA) is 81.5 Å². The first-order chi connectivity index (χ1) is 9.88. The zero-order valence-electron chi connectivity index (χ0n) is 10.6. The monoisotopic (exact) mass is 320 g/mol. The van der Waals surface area contributed by atoms with Gasteiger partial charge in [0.25, 0.3) is 0 Å². The smallest absolute Gasteiger partial charge is 0.387 e. The largest absolute Gasteiger partial charge is 0.434 e. The number of nitro groups is 1. The van der Waals surface area contributed by atoms with E-state index in [4.69, 9.17) is 11.6 Å². The molecule has 1 aliphatic rings. The molecular formula is C12H11ClF2N2O4. The summed E-state index contributed by atoms with van der Waals surface area (Å²) in [7, 11) is 0. The number of hydrogen-bond acceptors (Lipinski definition) is 4. The molecule has 0 aliphatic heterocycles. The number of hydrogen-bond donors (Lipinski definition) is 1. The van der Waals surface area contributed by atoms with Gasteiger partial charge in [0.05, 0.1) is 0 Å². The third-order valence-electron chi connectivity index (χ3n) is 3.06. The van der Waals surface area contributed by atoms with Gasteiger partial charge in [-0.2, -0.15) is 8.78 Å². The van der Waals surface area contributed by atoms with Crippen molar-refractivity contribution in [2.24, 2.45) is 5.92 Å². The van der Waals surface area contributed by atoms with Crippen molar-refractivity contribution in [1.82, 2.24) is 5.32 Å². The fourth-order valence-electron chi connectivity index (χ4n) is 1.91. The maximum Gasteiger partial charge on any atom is 0.387 e. The molecule has 21 heavy (non-hydrogen) atoms. The second-order valence-electron chi connectivity index (χ2n) is 4.54. The lowest BCUT2D eigenvalue weighted by Crippen LogP contribution is -2.27. The van der Waals surface area contributed by atoms with Gasteiger partial charge in [-0.3, -0.25) is 14.9 Å². The zero-order chi connectivity index (χ0) is 15.6. The molecule has 0 radical (unpaired) electrons. The Kier molecular flexibility index (Phi) is 4.56. The molecular weight excluding hydrogens is 310 g/mol. The number of carbonyl (C=O) groups is 1. The number of nitrogens with zero attached hydrogens (tertiary/aromatic N) is 1. The second kappa shape index (κ2) is 6.21. The molecule has 6 nitrogen and oxygen atoms in total. The Hall–Kier alpha value is -1.96. The van der Waals surface area contributed by atoms with Crippen LogP contribution in [-0.4, -0.2) is 23.5 Å². The predicted octanol–water partition coefficient (Wildman–Crippen LogP) is 2.22. The van der Waals surface area contributed by atoms with Gasteiger partial charge in [-0.25, -0.2) is 0 Å². The van der Waals surface area contributed by atoms with Gasteiger partial charge in [-0.15, -0.1) is 0 Å². The SMILES string of the molecule is O=C(NCc1cc(Cl)ccc1OC(F)F)[C@@H]1C[C@H]1[N+](=O)[O-]. The molecule has 9 heteroatoms. The fraction of sp³-hybridized carbons (Fsp3) is 0.417. The molecule has 1 aromatic carbocycles. The second-order valence-corrected chi connectivity index (χ2v) is 4.98. The van der Waals surface area contributed by atoms with Gasteiger partial charge >= 0.3 is 6.61 Å². The fourth-order valence-corrected chi connectivity index (χ4v) is 2.10. The summed E-state index contributed by atoms with van der Waals surface area (Å²) in [6.07, 6.45) is 0.189. The number of rotatable bonds is 6. The highest BCUT2D eigenvalue weighted by Gasteiger charge is 2.53. The molecule has 2 rings (SSSR count). The summed E-state index contributed by atoms with van der Waals surface area (Å²) in [6.45, 7) is -3.09. The molecule has 0 aromatic heterocycles. The van der Waals surface area contributed by atoms with Crippen LogP contribution in [0.1, 0.15) is 12.0 Å². The average Bonchev–Trinajstić information content (AvgIpc) is 3.18. The van der Waals surface area contributed by atoms with Crippen molar-refractivity contribution in [2.45, 2.75) is 25.6 Å². The molecule has 114 valence electrons. The van der Waals surface area contributed by atoms with Crippen LogP contribution in [0.25, 0.3) is 0 Å². The van der Waals surface area contributed by atoms with Crippen LogP contribution in [0, 0.1) is 16.0 Å². The molecule has 1 amide bonds. The maximum atomic E-state index is 12.3. The third-order valence-corrected chi connectivity index (χ3v) is 3.29. The first-order valence-corrected chi connectivity index (χ1v) is 6.40. The van der Waals surface area contributed by atoms with Crippen LogP contribution in [0.3, 0.4) is 0 Å². The van der Waals surface area contributed by atoms with Crippen molar-refractivity contribution in [1.29, 1.82) is 0 Å². The summed E-state index contributed by atoms with van der Waals surface area (Å²) in [4.78, 5) is 21.6. The van der Waals surface area contributed by atoms with Crippen LogP contribution in [0.15, 0.2) is 18.2 Å². The number of alkyl halides is 2. The first-order valence-electron chi connectivity index (χ1n) is 6.03. The van der Waals surface area contributed by atoms with Crippen molar-refractivity contribution in [3.8, 4) is 5.75 Å². The lowest BCUT2D eigenvalue weighted by Gasteiger charge is -2.11. The molecule has 0 bridgehead atoms. The van der Waals surface area contributed by atoms with E-state index in [1.54, 1.807) is 0 Å². The lowest BCUT2D eigenvalue weighted by molar-refractivity contribution is -0.497. The van der Waals surface area contributed by atoms with E-state index >= 15 is 0 Å². The van der Waals surface area contributed by atoms with Gasteiger partial charge in [-0.05, 0) is 18.2 Å². The van der Waals surface area contributed by atoms with Crippen molar-refractivity contribution < 1.29 is 23.2 Å². The summed E-state index contributed by atoms with van der Waals surface area (Å²) in [5.41, 5.74) is 0.273. The Labute approximate surface area is 123 Å². The van der Waals surface area contributed by atoms with Crippen molar-refractivity contribution >= 4 is 17.5 Å². The van der Waals surface area contributed by atoms with Crippen LogP contribution < -0.4 is 10.1 Å². The van der Waals surface area contributed by atoms with Gasteiger partial charge in [0.15, 0.2) is 0 Å². The van der Waals surface area contributed by atoms with Crippen molar-refractivity contribution in [2.75, 3.05) is 0 Å². The van der Waals surface area contributed by atoms with Crippen LogP contribution in [0.2, 0.25) is 5.02 Å². The summed E-state index contributed by atoms with van der Waals surface area (Å²) >= 11 is 5.76. The quantitative estimate of drug-likeness (QED) is 0.643. The van der Waals surface area contributed by atoms with Gasteiger partial charge in [0, 0.05) is 28.5 Å². The molecule has 0 heterocycles. The van der Waals surface area contributed by atoms with Gasteiger partial charge < -0.3 is 10.1 Å². The maximum absolute atomic E-state index is 12.3. The van der Waals surface area contributed by atoms with Gasteiger partial charge in [0.2, 0.25) is 11.9 Å². The van der Waals surface area contributed by atoms with Gasteiger partial charge in [0.1, 0.15) is 11.7 Å². The normalized spacial score (nSPS) is 20.2. The highest BCUT2D eigenvalue weighted by molar-refractivity contribution is 6.30. The highest BCUT2D eigenvalue weighted by atomic mass is 35.5. The number of nitrogens with one attached hydrogen (secondary N) is 1. The number of benzene rings is 1. The molecule has 1 aliphatic carbocycles. The molecule has 0 unspecified atom stereocenters. The number of amides is 1. The van der Waals surface area contributed by atoms with E-state index in [0.717, 1.165) is 0 Å². The van der Waals surface area contributed by atoms with Gasteiger partial charge in [-0.1, -0.05) is 11.6 Å². The van der Waals surface area contributed by atoms with Crippen molar-refractivity contribution in [3.05, 3.63) is 38.9 Å². The zero-order valence-corrected chi connectivity index (χ0v) is 11.3. The van der Waals surface area contributed by atoms with Crippen LogP contribution in [-0.2, 0) is 11.3 Å². The summed E-state index contributed by atoms with van der Waals surface area (Å²) in [6, 6.07) is 3.18. The number of carbonyl (C=O) groups excluding carboxylic acids is 1. The molecule has 2 atom stereocenters. The summed E-state index contributed by atoms with van der Waals surface area (Å²) in [5, 5.41) is 13.2. The van der Waals surface area contributed by atoms with Crippen LogP contribution in [0.4, 0.5) is 8.78 Å². The summed E-state index contributed by atoms with van der Waals surface area (Å²) in [5.74, 6) is -1.25. The number of halogens is 3. The lowest BCUT2D eigenvalue weighted by atomic mass is 10.2. The molecule has 1 saturated carbocycles. The Bertz CT molecular complexity index is 570. The van der Waals surface area contributed by atoms with E-state index in [9.17, 15) is 23.7 Å². The summed E-state index contributed by atoms with van der Waals surface area (Å²) < 4.78 is 28.8. The van der Waals surface area contributed by atoms with Crippen molar-refractivity contribution in [3.63, 3.8) is 0 Å². The average molecular weight is 321 g/mol. The Morgan fingerprint density at radius 3 is 2.86 bits per heavy atom. The Balaban J connectivity index is 1.98. The minimum absolute atomic E-state index is 0.0949. The molecule has 1 N–H and O–H groups in total. The molecule has 0 saturated heterocycles. The Morgan fingerprint density at radius 1 is 1.57 bits per heavy atom. The van der Waals surface area contributed by atoms with E-state index < -0.39 is 29.4 Å². The first kappa shape index (κ1) is 15.4. The van der Waals surface area contributed by atoms with E-state index in [1.807, 2.05) is 0 Å². The van der Waals surface area contributed by atoms with Crippen LogP contribution >= 0.6 is 11.6 Å². The van der Waals surface area contributed by atoms with E-state index in [0.29, 0.717) is 5.02 Å². The minimum atomic E-state index is -3.00. The standard InChI is InChI=1S/C12H11ClF2N2O4/c13-7-1-2-10(21-12(14)15)6(3-7)5-16-11(18)8-4-9(8)17(19)20/h1-3,8-9,12H,4-5H2,(H,16,18)/t8-,9-/m1/s1.